The third-order valence-electron chi connectivity index (χ3n) is 2.32. The minimum absolute atomic E-state index is 0.146. The molecule has 2 rings (SSSR count). The number of fused-ring (bicyclic) bond motifs is 1. The SMILES string of the molecule is CC(C)c1cnn2c(Cl)cc(C(F)F)nc12. The van der Waals surface area contributed by atoms with Gasteiger partial charge in [0, 0.05) is 11.6 Å². The molecule has 0 aliphatic rings. The second kappa shape index (κ2) is 3.97. The Morgan fingerprint density at radius 2 is 2.06 bits per heavy atom. The fourth-order valence-corrected chi connectivity index (χ4v) is 1.72. The molecule has 0 aromatic carbocycles. The highest BCUT2D eigenvalue weighted by Gasteiger charge is 2.16. The van der Waals surface area contributed by atoms with Crippen molar-refractivity contribution in [2.24, 2.45) is 0 Å². The third kappa shape index (κ3) is 1.75. The van der Waals surface area contributed by atoms with Gasteiger partial charge in [0.15, 0.2) is 5.65 Å². The van der Waals surface area contributed by atoms with Crippen LogP contribution < -0.4 is 0 Å². The van der Waals surface area contributed by atoms with Crippen molar-refractivity contribution in [1.29, 1.82) is 0 Å². The summed E-state index contributed by atoms with van der Waals surface area (Å²) in [6.07, 6.45) is -1.02. The van der Waals surface area contributed by atoms with Gasteiger partial charge in [0.2, 0.25) is 0 Å². The van der Waals surface area contributed by atoms with E-state index in [-0.39, 0.29) is 16.8 Å². The van der Waals surface area contributed by atoms with Crippen LogP contribution in [-0.2, 0) is 0 Å². The molecule has 0 fully saturated rings. The maximum absolute atomic E-state index is 12.6. The van der Waals surface area contributed by atoms with Gasteiger partial charge >= 0.3 is 0 Å². The first kappa shape index (κ1) is 11.3. The molecule has 0 saturated heterocycles. The van der Waals surface area contributed by atoms with E-state index in [1.807, 2.05) is 13.8 Å². The second-order valence-corrected chi connectivity index (χ2v) is 4.18. The molecule has 2 aromatic heterocycles. The molecule has 0 saturated carbocycles. The molecule has 2 aromatic rings. The molecule has 3 nitrogen and oxygen atoms in total. The average Bonchev–Trinajstić information content (AvgIpc) is 2.61. The Morgan fingerprint density at radius 1 is 1.38 bits per heavy atom. The molecule has 0 radical (unpaired) electrons. The highest BCUT2D eigenvalue weighted by Crippen LogP contribution is 2.25. The van der Waals surface area contributed by atoms with E-state index >= 15 is 0 Å². The quantitative estimate of drug-likeness (QED) is 0.759. The van der Waals surface area contributed by atoms with Gasteiger partial charge in [-0.05, 0) is 5.92 Å². The summed E-state index contributed by atoms with van der Waals surface area (Å²) in [5, 5.41) is 4.16. The summed E-state index contributed by atoms with van der Waals surface area (Å²) < 4.78 is 26.5. The van der Waals surface area contributed by atoms with Gasteiger partial charge in [-0.1, -0.05) is 25.4 Å². The molecule has 0 bridgehead atoms. The Bertz CT molecular complexity index is 522. The van der Waals surface area contributed by atoms with E-state index in [1.165, 1.54) is 4.52 Å². The van der Waals surface area contributed by atoms with E-state index in [9.17, 15) is 8.78 Å². The van der Waals surface area contributed by atoms with Crippen LogP contribution >= 0.6 is 11.6 Å². The Hall–Kier alpha value is -1.23. The highest BCUT2D eigenvalue weighted by molar-refractivity contribution is 6.29. The molecular formula is C10H10ClF2N3. The van der Waals surface area contributed by atoms with Crippen LogP contribution in [0.25, 0.3) is 5.65 Å². The van der Waals surface area contributed by atoms with E-state index in [0.29, 0.717) is 5.65 Å². The maximum Gasteiger partial charge on any atom is 0.280 e. The zero-order valence-corrected chi connectivity index (χ0v) is 9.54. The summed E-state index contributed by atoms with van der Waals surface area (Å²) in [7, 11) is 0. The Kier molecular flexibility index (Phi) is 2.80. The van der Waals surface area contributed by atoms with Crippen molar-refractivity contribution in [3.8, 4) is 0 Å². The van der Waals surface area contributed by atoms with Crippen molar-refractivity contribution >= 4 is 17.2 Å². The molecule has 16 heavy (non-hydrogen) atoms. The van der Waals surface area contributed by atoms with Crippen LogP contribution in [0.3, 0.4) is 0 Å². The second-order valence-electron chi connectivity index (χ2n) is 3.79. The van der Waals surface area contributed by atoms with Gasteiger partial charge in [0.05, 0.1) is 6.20 Å². The van der Waals surface area contributed by atoms with E-state index in [4.69, 9.17) is 11.6 Å². The molecule has 0 N–H and O–H groups in total. The lowest BCUT2D eigenvalue weighted by molar-refractivity contribution is 0.146. The number of rotatable bonds is 2. The number of alkyl halides is 2. The molecule has 0 unspecified atom stereocenters. The van der Waals surface area contributed by atoms with Gasteiger partial charge < -0.3 is 0 Å². The van der Waals surface area contributed by atoms with Crippen LogP contribution in [0, 0.1) is 0 Å². The topological polar surface area (TPSA) is 30.2 Å². The zero-order valence-electron chi connectivity index (χ0n) is 8.78. The number of hydrogen-bond donors (Lipinski definition) is 0. The number of nitrogens with zero attached hydrogens (tertiary/aromatic N) is 3. The molecule has 0 atom stereocenters. The van der Waals surface area contributed by atoms with Crippen LogP contribution in [0.15, 0.2) is 12.3 Å². The Balaban J connectivity index is 2.71. The molecule has 0 amide bonds. The van der Waals surface area contributed by atoms with Gasteiger partial charge in [-0.25, -0.2) is 18.3 Å². The van der Waals surface area contributed by atoms with Gasteiger partial charge in [-0.2, -0.15) is 5.10 Å². The number of hydrogen-bond acceptors (Lipinski definition) is 2. The average molecular weight is 246 g/mol. The minimum Gasteiger partial charge on any atom is -0.227 e. The molecule has 0 aliphatic carbocycles. The summed E-state index contributed by atoms with van der Waals surface area (Å²) in [4.78, 5) is 3.88. The first-order valence-corrected chi connectivity index (χ1v) is 5.20. The van der Waals surface area contributed by atoms with Crippen molar-refractivity contribution < 1.29 is 8.78 Å². The van der Waals surface area contributed by atoms with Gasteiger partial charge in [-0.3, -0.25) is 0 Å². The Morgan fingerprint density at radius 3 is 2.62 bits per heavy atom. The predicted octanol–water partition coefficient (Wildman–Crippen LogP) is 3.44. The first-order valence-electron chi connectivity index (χ1n) is 4.83. The largest absolute Gasteiger partial charge is 0.280 e. The van der Waals surface area contributed by atoms with Crippen molar-refractivity contribution in [1.82, 2.24) is 14.6 Å². The van der Waals surface area contributed by atoms with Crippen molar-refractivity contribution in [3.05, 3.63) is 28.7 Å². The van der Waals surface area contributed by atoms with Crippen molar-refractivity contribution in [3.63, 3.8) is 0 Å². The summed E-state index contributed by atoms with van der Waals surface area (Å²) >= 11 is 5.85. The van der Waals surface area contributed by atoms with Crippen LogP contribution in [0.1, 0.15) is 37.4 Å². The van der Waals surface area contributed by atoms with Gasteiger partial charge in [0.1, 0.15) is 10.8 Å². The van der Waals surface area contributed by atoms with E-state index in [0.717, 1.165) is 11.6 Å². The monoisotopic (exact) mass is 245 g/mol. The van der Waals surface area contributed by atoms with Crippen molar-refractivity contribution in [2.75, 3.05) is 0 Å². The lowest BCUT2D eigenvalue weighted by Crippen LogP contribution is -1.99. The van der Waals surface area contributed by atoms with Crippen LogP contribution in [-0.4, -0.2) is 14.6 Å². The molecule has 0 spiro atoms. The normalized spacial score (nSPS) is 11.9. The van der Waals surface area contributed by atoms with Crippen LogP contribution in [0.4, 0.5) is 8.78 Å². The lowest BCUT2D eigenvalue weighted by atomic mass is 10.1. The molecule has 2 heterocycles. The number of aromatic nitrogens is 3. The third-order valence-corrected chi connectivity index (χ3v) is 2.59. The summed E-state index contributed by atoms with van der Waals surface area (Å²) in [5.74, 6) is 0.161. The van der Waals surface area contributed by atoms with E-state index in [1.54, 1.807) is 6.20 Å². The smallest absolute Gasteiger partial charge is 0.227 e. The number of halogens is 3. The highest BCUT2D eigenvalue weighted by atomic mass is 35.5. The minimum atomic E-state index is -2.63. The van der Waals surface area contributed by atoms with E-state index < -0.39 is 6.43 Å². The van der Waals surface area contributed by atoms with Crippen LogP contribution in [0.5, 0.6) is 0 Å². The molecule has 0 aliphatic heterocycles. The summed E-state index contributed by atoms with van der Waals surface area (Å²) in [6, 6.07) is 1.14. The fourth-order valence-electron chi connectivity index (χ4n) is 1.48. The lowest BCUT2D eigenvalue weighted by Gasteiger charge is -2.05. The van der Waals surface area contributed by atoms with Gasteiger partial charge in [0.25, 0.3) is 6.43 Å². The standard InChI is InChI=1S/C10H10ClF2N3/c1-5(2)6-4-14-16-8(11)3-7(9(12)13)15-10(6)16/h3-5,9H,1-2H3. The van der Waals surface area contributed by atoms with Crippen LogP contribution in [0.2, 0.25) is 5.15 Å². The molecule has 86 valence electrons. The predicted molar refractivity (Wildman–Crippen MR) is 57.0 cm³/mol. The van der Waals surface area contributed by atoms with E-state index in [2.05, 4.69) is 10.1 Å². The summed E-state index contributed by atoms with van der Waals surface area (Å²) in [5.41, 5.74) is 0.891. The maximum atomic E-state index is 12.6. The van der Waals surface area contributed by atoms with Crippen molar-refractivity contribution in [2.45, 2.75) is 26.2 Å². The fraction of sp³-hybridized carbons (Fsp3) is 0.400. The Labute approximate surface area is 96.1 Å². The summed E-state index contributed by atoms with van der Waals surface area (Å²) in [6.45, 7) is 3.89. The van der Waals surface area contributed by atoms with Gasteiger partial charge in [-0.15, -0.1) is 0 Å². The zero-order chi connectivity index (χ0) is 11.9. The molecular weight excluding hydrogens is 236 g/mol. The molecule has 6 heteroatoms. The first-order chi connectivity index (χ1) is 7.50.